The van der Waals surface area contributed by atoms with Crippen LogP contribution in [0, 0.1) is 0 Å². The van der Waals surface area contributed by atoms with Crippen LogP contribution in [-0.2, 0) is 14.6 Å². The van der Waals surface area contributed by atoms with Gasteiger partial charge in [0.1, 0.15) is 9.84 Å². The Morgan fingerprint density at radius 1 is 1.33 bits per heavy atom. The molecular formula is C10H23NO3S. The summed E-state index contributed by atoms with van der Waals surface area (Å²) in [5, 5.41) is 0. The fraction of sp³-hybridized carbons (Fsp3) is 1.00. The molecule has 0 aromatic carbocycles. The van der Waals surface area contributed by atoms with Crippen molar-refractivity contribution in [2.75, 3.05) is 18.1 Å². The SMILES string of the molecule is CCOC(C)C(N)CCCS(=O)(=O)CC. The topological polar surface area (TPSA) is 69.4 Å². The number of sulfone groups is 1. The molecule has 0 amide bonds. The summed E-state index contributed by atoms with van der Waals surface area (Å²) in [4.78, 5) is 0. The first-order chi connectivity index (χ1) is 6.93. The van der Waals surface area contributed by atoms with Crippen molar-refractivity contribution in [1.82, 2.24) is 0 Å². The lowest BCUT2D eigenvalue weighted by Gasteiger charge is -2.19. The Hall–Kier alpha value is -0.130. The van der Waals surface area contributed by atoms with Crippen LogP contribution in [0.1, 0.15) is 33.6 Å². The van der Waals surface area contributed by atoms with E-state index in [0.717, 1.165) is 0 Å². The van der Waals surface area contributed by atoms with Crippen molar-refractivity contribution >= 4 is 9.84 Å². The molecule has 0 saturated heterocycles. The molecule has 0 aliphatic heterocycles. The molecule has 0 aliphatic carbocycles. The molecule has 0 bridgehead atoms. The predicted molar refractivity (Wildman–Crippen MR) is 62.6 cm³/mol. The van der Waals surface area contributed by atoms with E-state index < -0.39 is 9.84 Å². The minimum atomic E-state index is -2.85. The van der Waals surface area contributed by atoms with Gasteiger partial charge in [-0.1, -0.05) is 6.92 Å². The van der Waals surface area contributed by atoms with Gasteiger partial charge in [-0.15, -0.1) is 0 Å². The highest BCUT2D eigenvalue weighted by Crippen LogP contribution is 2.05. The van der Waals surface area contributed by atoms with E-state index in [2.05, 4.69) is 0 Å². The van der Waals surface area contributed by atoms with Crippen molar-refractivity contribution < 1.29 is 13.2 Å². The quantitative estimate of drug-likeness (QED) is 0.682. The molecule has 92 valence electrons. The van der Waals surface area contributed by atoms with Crippen molar-refractivity contribution in [2.24, 2.45) is 5.73 Å². The van der Waals surface area contributed by atoms with Crippen LogP contribution < -0.4 is 5.73 Å². The summed E-state index contributed by atoms with van der Waals surface area (Å²) in [6.07, 6.45) is 1.31. The maximum atomic E-state index is 11.2. The summed E-state index contributed by atoms with van der Waals surface area (Å²) in [5.74, 6) is 0.444. The van der Waals surface area contributed by atoms with Crippen LogP contribution in [0.25, 0.3) is 0 Å². The fourth-order valence-electron chi connectivity index (χ4n) is 1.30. The van der Waals surface area contributed by atoms with Crippen molar-refractivity contribution in [1.29, 1.82) is 0 Å². The number of rotatable bonds is 8. The lowest BCUT2D eigenvalue weighted by Crippen LogP contribution is -2.35. The van der Waals surface area contributed by atoms with Crippen LogP contribution in [0.2, 0.25) is 0 Å². The Balaban J connectivity index is 3.77. The second-order valence-corrected chi connectivity index (χ2v) is 6.18. The highest BCUT2D eigenvalue weighted by molar-refractivity contribution is 7.91. The first-order valence-corrected chi connectivity index (χ1v) is 7.32. The molecular weight excluding hydrogens is 214 g/mol. The van der Waals surface area contributed by atoms with Gasteiger partial charge in [0, 0.05) is 18.4 Å². The minimum absolute atomic E-state index is 0.000620. The smallest absolute Gasteiger partial charge is 0.150 e. The minimum Gasteiger partial charge on any atom is -0.377 e. The Bertz CT molecular complexity index is 251. The molecule has 0 saturated carbocycles. The van der Waals surface area contributed by atoms with Gasteiger partial charge < -0.3 is 10.5 Å². The van der Waals surface area contributed by atoms with Crippen LogP contribution in [0.5, 0.6) is 0 Å². The summed E-state index contributed by atoms with van der Waals surface area (Å²) < 4.78 is 27.7. The zero-order valence-corrected chi connectivity index (χ0v) is 10.7. The molecule has 0 spiro atoms. The highest BCUT2D eigenvalue weighted by atomic mass is 32.2. The van der Waals surface area contributed by atoms with Gasteiger partial charge in [-0.25, -0.2) is 8.42 Å². The maximum Gasteiger partial charge on any atom is 0.150 e. The van der Waals surface area contributed by atoms with Crippen LogP contribution in [0.4, 0.5) is 0 Å². The largest absolute Gasteiger partial charge is 0.377 e. The molecule has 2 atom stereocenters. The Morgan fingerprint density at radius 3 is 2.40 bits per heavy atom. The van der Waals surface area contributed by atoms with Gasteiger partial charge in [0.15, 0.2) is 0 Å². The van der Waals surface area contributed by atoms with E-state index in [1.807, 2.05) is 13.8 Å². The highest BCUT2D eigenvalue weighted by Gasteiger charge is 2.14. The Labute approximate surface area is 93.1 Å². The average molecular weight is 237 g/mol. The monoisotopic (exact) mass is 237 g/mol. The van der Waals surface area contributed by atoms with E-state index in [1.165, 1.54) is 0 Å². The first-order valence-electron chi connectivity index (χ1n) is 5.50. The van der Waals surface area contributed by atoms with E-state index >= 15 is 0 Å². The number of nitrogens with two attached hydrogens (primary N) is 1. The van der Waals surface area contributed by atoms with Gasteiger partial charge in [-0.05, 0) is 26.7 Å². The third kappa shape index (κ3) is 6.87. The fourth-order valence-corrected chi connectivity index (χ4v) is 2.20. The molecule has 0 radical (unpaired) electrons. The Kier molecular flexibility index (Phi) is 7.13. The number of ether oxygens (including phenoxy) is 1. The molecule has 0 heterocycles. The van der Waals surface area contributed by atoms with Crippen LogP contribution in [0.3, 0.4) is 0 Å². The summed E-state index contributed by atoms with van der Waals surface area (Å²) in [5.41, 5.74) is 5.85. The van der Waals surface area contributed by atoms with E-state index in [-0.39, 0.29) is 23.7 Å². The average Bonchev–Trinajstić information content (AvgIpc) is 2.18. The maximum absolute atomic E-state index is 11.2. The van der Waals surface area contributed by atoms with Gasteiger partial charge in [-0.3, -0.25) is 0 Å². The molecule has 0 aromatic heterocycles. The molecule has 2 N–H and O–H groups in total. The van der Waals surface area contributed by atoms with Gasteiger partial charge in [-0.2, -0.15) is 0 Å². The zero-order chi connectivity index (χ0) is 11.9. The summed E-state index contributed by atoms with van der Waals surface area (Å²) >= 11 is 0. The van der Waals surface area contributed by atoms with Gasteiger partial charge in [0.05, 0.1) is 11.9 Å². The molecule has 4 nitrogen and oxygen atoms in total. The van der Waals surface area contributed by atoms with E-state index in [9.17, 15) is 8.42 Å². The number of hydrogen-bond donors (Lipinski definition) is 1. The molecule has 0 aromatic rings. The standard InChI is InChI=1S/C10H23NO3S/c1-4-14-9(3)10(11)7-6-8-15(12,13)5-2/h9-10H,4-8,11H2,1-3H3. The van der Waals surface area contributed by atoms with Crippen LogP contribution in [0.15, 0.2) is 0 Å². The summed E-state index contributed by atoms with van der Waals surface area (Å²) in [6.45, 7) is 6.15. The molecule has 2 unspecified atom stereocenters. The van der Waals surface area contributed by atoms with Crippen LogP contribution >= 0.6 is 0 Å². The first kappa shape index (κ1) is 14.9. The molecule has 0 rings (SSSR count). The molecule has 0 aliphatic rings. The molecule has 15 heavy (non-hydrogen) atoms. The lowest BCUT2D eigenvalue weighted by atomic mass is 10.1. The van der Waals surface area contributed by atoms with E-state index in [4.69, 9.17) is 10.5 Å². The van der Waals surface area contributed by atoms with Gasteiger partial charge in [0.2, 0.25) is 0 Å². The summed E-state index contributed by atoms with van der Waals surface area (Å²) in [7, 11) is -2.85. The predicted octanol–water partition coefficient (Wildman–Crippen LogP) is 0.954. The molecule has 0 fully saturated rings. The lowest BCUT2D eigenvalue weighted by molar-refractivity contribution is 0.0555. The third-order valence-electron chi connectivity index (χ3n) is 2.47. The van der Waals surface area contributed by atoms with Crippen molar-refractivity contribution in [3.05, 3.63) is 0 Å². The zero-order valence-electron chi connectivity index (χ0n) is 9.90. The van der Waals surface area contributed by atoms with Crippen LogP contribution in [-0.4, -0.2) is 38.7 Å². The van der Waals surface area contributed by atoms with Gasteiger partial charge in [0.25, 0.3) is 0 Å². The second kappa shape index (κ2) is 7.19. The Morgan fingerprint density at radius 2 is 1.93 bits per heavy atom. The third-order valence-corrected chi connectivity index (χ3v) is 4.26. The van der Waals surface area contributed by atoms with E-state index in [0.29, 0.717) is 19.4 Å². The number of hydrogen-bond acceptors (Lipinski definition) is 4. The second-order valence-electron chi connectivity index (χ2n) is 3.70. The van der Waals surface area contributed by atoms with Crippen molar-refractivity contribution in [3.8, 4) is 0 Å². The normalized spacial score (nSPS) is 16.3. The van der Waals surface area contributed by atoms with Gasteiger partial charge >= 0.3 is 0 Å². The molecule has 5 heteroatoms. The van der Waals surface area contributed by atoms with Crippen molar-refractivity contribution in [2.45, 2.75) is 45.8 Å². The van der Waals surface area contributed by atoms with E-state index in [1.54, 1.807) is 6.92 Å². The summed E-state index contributed by atoms with van der Waals surface area (Å²) in [6, 6.07) is -0.0722. The van der Waals surface area contributed by atoms with Crippen molar-refractivity contribution in [3.63, 3.8) is 0 Å².